The second-order valence-electron chi connectivity index (χ2n) is 3.67. The Hall–Kier alpha value is -2.33. The van der Waals surface area contributed by atoms with Crippen molar-refractivity contribution >= 4 is 26.6 Å². The Balaban J connectivity index is 2.73. The second kappa shape index (κ2) is 4.16. The van der Waals surface area contributed by atoms with Crippen molar-refractivity contribution in [1.29, 1.82) is 5.39 Å². The molecule has 2 aromatic rings. The van der Waals surface area contributed by atoms with E-state index in [1.165, 1.54) is 24.3 Å². The summed E-state index contributed by atoms with van der Waals surface area (Å²) in [4.78, 5) is 2.92. The summed E-state index contributed by atoms with van der Waals surface area (Å²) in [5.74, 6) is -0.135. The van der Waals surface area contributed by atoms with Crippen LogP contribution in [0.15, 0.2) is 30.3 Å². The molecule has 6 nitrogen and oxygen atoms in total. The molecule has 0 radical (unpaired) electrons. The molecule has 0 aliphatic heterocycles. The number of hydrogen-bond acceptors (Lipinski definition) is 5. The summed E-state index contributed by atoms with van der Waals surface area (Å²) in [6.07, 6.45) is 0.934. The number of diazo groups is 1. The second-order valence-corrected chi connectivity index (χ2v) is 5.25. The van der Waals surface area contributed by atoms with Crippen molar-refractivity contribution in [3.63, 3.8) is 0 Å². The quantitative estimate of drug-likeness (QED) is 0.664. The number of fused-ring (bicyclic) bond motifs is 1. The van der Waals surface area contributed by atoms with E-state index in [-0.39, 0.29) is 17.2 Å². The number of aromatic hydroxyl groups is 1. The van der Waals surface area contributed by atoms with Gasteiger partial charge in [-0.05, 0) is 12.1 Å². The van der Waals surface area contributed by atoms with Gasteiger partial charge in [-0.1, -0.05) is 12.1 Å². The number of nitrogens with zero attached hydrogens (tertiary/aromatic N) is 2. The minimum absolute atomic E-state index is 0.000921. The highest BCUT2D eigenvalue weighted by molar-refractivity contribution is 7.86. The van der Waals surface area contributed by atoms with Crippen LogP contribution >= 0.6 is 0 Å². The first kappa shape index (κ1) is 12.1. The largest absolute Gasteiger partial charge is 0.501 e. The van der Waals surface area contributed by atoms with Crippen LogP contribution in [0.3, 0.4) is 0 Å². The topological polar surface area (TPSA) is 91.8 Å². The fourth-order valence-corrected chi connectivity index (χ4v) is 2.09. The Morgan fingerprint density at radius 1 is 1.22 bits per heavy atom. The van der Waals surface area contributed by atoms with Gasteiger partial charge in [0.1, 0.15) is 0 Å². The van der Waals surface area contributed by atoms with Crippen LogP contribution in [0.4, 0.5) is 5.69 Å². The molecule has 92 valence electrons. The highest BCUT2D eigenvalue weighted by Crippen LogP contribution is 2.38. The lowest BCUT2D eigenvalue weighted by Gasteiger charge is -2.06. The van der Waals surface area contributed by atoms with E-state index in [1.807, 2.05) is 0 Å². The number of hydrogen-bond donors (Lipinski definition) is 1. The average Bonchev–Trinajstić information content (AvgIpc) is 2.28. The molecule has 0 unspecified atom stereocenters. The molecule has 0 bridgehead atoms. The maximum Gasteiger partial charge on any atom is 0.426 e. The van der Waals surface area contributed by atoms with Crippen molar-refractivity contribution in [2.75, 3.05) is 6.26 Å². The van der Waals surface area contributed by atoms with Crippen molar-refractivity contribution in [1.82, 2.24) is 0 Å². The van der Waals surface area contributed by atoms with E-state index in [2.05, 4.69) is 4.98 Å². The first-order valence-electron chi connectivity index (χ1n) is 4.91. The number of benzene rings is 2. The van der Waals surface area contributed by atoms with E-state index in [4.69, 9.17) is 9.58 Å². The van der Waals surface area contributed by atoms with E-state index in [0.29, 0.717) is 10.8 Å². The van der Waals surface area contributed by atoms with Gasteiger partial charge in [0.05, 0.1) is 6.26 Å². The molecule has 0 saturated carbocycles. The molecule has 0 amide bonds. The normalized spacial score (nSPS) is 11.1. The van der Waals surface area contributed by atoms with E-state index >= 15 is 0 Å². The van der Waals surface area contributed by atoms with Crippen molar-refractivity contribution < 1.29 is 17.7 Å². The molecule has 0 fully saturated rings. The molecule has 0 atom stereocenters. The Morgan fingerprint density at radius 2 is 1.94 bits per heavy atom. The van der Waals surface area contributed by atoms with Gasteiger partial charge >= 0.3 is 15.8 Å². The highest BCUT2D eigenvalue weighted by atomic mass is 32.2. The smallest absolute Gasteiger partial charge is 0.426 e. The fraction of sp³-hybridized carbons (Fsp3) is 0.0909. The Bertz CT molecular complexity index is 762. The molecule has 0 aromatic heterocycles. The van der Waals surface area contributed by atoms with Gasteiger partial charge in [-0.2, -0.15) is 8.42 Å². The fourth-order valence-electron chi connectivity index (χ4n) is 1.62. The SMILES string of the molecule is CS(=O)(=O)Oc1cccc2c(O)c([N+]#N)ccc12. The summed E-state index contributed by atoms with van der Waals surface area (Å²) >= 11 is 0. The minimum atomic E-state index is -3.65. The van der Waals surface area contributed by atoms with Crippen LogP contribution in [-0.4, -0.2) is 19.8 Å². The zero-order valence-electron chi connectivity index (χ0n) is 9.36. The standard InChI is InChI=1S/C11H8N2O4S/c1-18(15,16)17-10-4-2-3-8-7(10)5-6-9(13-12)11(8)14/h2-6H,1H3/p+1. The Labute approximate surface area is 103 Å². The third-order valence-corrected chi connectivity index (χ3v) is 2.80. The molecule has 1 N–H and O–H groups in total. The lowest BCUT2D eigenvalue weighted by Crippen LogP contribution is -2.05. The predicted octanol–water partition coefficient (Wildman–Crippen LogP) is 2.37. The third-order valence-electron chi connectivity index (χ3n) is 2.32. The van der Waals surface area contributed by atoms with Crippen molar-refractivity contribution in [3.05, 3.63) is 35.3 Å². The van der Waals surface area contributed by atoms with E-state index in [1.54, 1.807) is 6.07 Å². The van der Waals surface area contributed by atoms with E-state index in [9.17, 15) is 13.5 Å². The third kappa shape index (κ3) is 2.19. The maximum absolute atomic E-state index is 11.1. The summed E-state index contributed by atoms with van der Waals surface area (Å²) in [7, 11) is -3.65. The minimum Gasteiger partial charge on any atom is -0.501 e. The molecular formula is C11H9N2O4S+. The highest BCUT2D eigenvalue weighted by Gasteiger charge is 2.18. The van der Waals surface area contributed by atoms with Gasteiger partial charge in [0.15, 0.2) is 10.7 Å². The van der Waals surface area contributed by atoms with Crippen LogP contribution in [0.5, 0.6) is 11.5 Å². The van der Waals surface area contributed by atoms with Crippen molar-refractivity contribution in [2.24, 2.45) is 0 Å². The molecule has 0 heterocycles. The van der Waals surface area contributed by atoms with Crippen LogP contribution in [0, 0.1) is 5.39 Å². The average molecular weight is 265 g/mol. The van der Waals surface area contributed by atoms with Crippen LogP contribution in [-0.2, 0) is 10.1 Å². The van der Waals surface area contributed by atoms with Gasteiger partial charge in [0, 0.05) is 16.8 Å². The van der Waals surface area contributed by atoms with Crippen molar-refractivity contribution in [2.45, 2.75) is 0 Å². The molecule has 0 spiro atoms. The zero-order chi connectivity index (χ0) is 13.3. The lowest BCUT2D eigenvalue weighted by atomic mass is 10.1. The summed E-state index contributed by atoms with van der Waals surface area (Å²) in [6, 6.07) is 7.42. The molecule has 0 aliphatic carbocycles. The molecular weight excluding hydrogens is 256 g/mol. The molecule has 0 aliphatic rings. The van der Waals surface area contributed by atoms with Gasteiger partial charge in [0.25, 0.3) is 0 Å². The summed E-state index contributed by atoms with van der Waals surface area (Å²) in [6.45, 7) is 0. The summed E-state index contributed by atoms with van der Waals surface area (Å²) in [5, 5.41) is 19.2. The summed E-state index contributed by atoms with van der Waals surface area (Å²) < 4.78 is 27.0. The molecule has 2 aromatic carbocycles. The molecule has 7 heteroatoms. The first-order valence-corrected chi connectivity index (χ1v) is 6.73. The van der Waals surface area contributed by atoms with Gasteiger partial charge < -0.3 is 9.29 Å². The maximum atomic E-state index is 11.1. The van der Waals surface area contributed by atoms with Gasteiger partial charge in [0.2, 0.25) is 11.1 Å². The Morgan fingerprint density at radius 3 is 2.56 bits per heavy atom. The lowest BCUT2D eigenvalue weighted by molar-refractivity contribution is 0.483. The molecule has 0 saturated heterocycles. The predicted molar refractivity (Wildman–Crippen MR) is 65.8 cm³/mol. The first-order chi connectivity index (χ1) is 8.42. The van der Waals surface area contributed by atoms with E-state index < -0.39 is 10.1 Å². The van der Waals surface area contributed by atoms with Crippen molar-refractivity contribution in [3.8, 4) is 11.5 Å². The van der Waals surface area contributed by atoms with Gasteiger partial charge in [-0.15, -0.1) is 0 Å². The van der Waals surface area contributed by atoms with Crippen LogP contribution in [0.2, 0.25) is 0 Å². The monoisotopic (exact) mass is 265 g/mol. The molecule has 2 rings (SSSR count). The number of rotatable bonds is 2. The Kier molecular flexibility index (Phi) is 2.80. The number of phenols is 1. The molecule has 18 heavy (non-hydrogen) atoms. The van der Waals surface area contributed by atoms with Crippen LogP contribution < -0.4 is 4.18 Å². The van der Waals surface area contributed by atoms with Gasteiger partial charge in [-0.3, -0.25) is 0 Å². The van der Waals surface area contributed by atoms with Crippen LogP contribution in [0.1, 0.15) is 0 Å². The number of phenolic OH excluding ortho intramolecular Hbond substituents is 1. The van der Waals surface area contributed by atoms with Crippen LogP contribution in [0.25, 0.3) is 15.7 Å². The zero-order valence-corrected chi connectivity index (χ0v) is 10.2. The van der Waals surface area contributed by atoms with E-state index in [0.717, 1.165) is 6.26 Å². The van der Waals surface area contributed by atoms with Gasteiger partial charge in [-0.25, -0.2) is 0 Å². The summed E-state index contributed by atoms with van der Waals surface area (Å²) in [5.41, 5.74) is -0.000921.